The second-order valence-corrected chi connectivity index (χ2v) is 8.95. The van der Waals surface area contributed by atoms with Gasteiger partial charge in [0.2, 0.25) is 5.79 Å². The van der Waals surface area contributed by atoms with Crippen molar-refractivity contribution in [3.8, 4) is 5.75 Å². The predicted octanol–water partition coefficient (Wildman–Crippen LogP) is 6.05. The lowest BCUT2D eigenvalue weighted by Gasteiger charge is -2.46. The minimum Gasteiger partial charge on any atom is -0.456 e. The molecule has 4 nitrogen and oxygen atoms in total. The third-order valence-electron chi connectivity index (χ3n) is 6.42. The van der Waals surface area contributed by atoms with Crippen molar-refractivity contribution in [2.45, 2.75) is 18.3 Å². The molecule has 6 heteroatoms. The molecule has 0 spiro atoms. The summed E-state index contributed by atoms with van der Waals surface area (Å²) >= 11 is 1.55. The molecule has 32 heavy (non-hydrogen) atoms. The van der Waals surface area contributed by atoms with E-state index in [0.717, 1.165) is 27.5 Å². The summed E-state index contributed by atoms with van der Waals surface area (Å²) in [6.07, 6.45) is -0.219. The summed E-state index contributed by atoms with van der Waals surface area (Å²) < 4.78 is 32.8. The molecule has 0 saturated carbocycles. The Hall–Kier alpha value is -3.48. The van der Waals surface area contributed by atoms with Crippen LogP contribution in [0.25, 0.3) is 21.7 Å². The van der Waals surface area contributed by atoms with Crippen molar-refractivity contribution in [2.75, 3.05) is 0 Å². The van der Waals surface area contributed by atoms with Crippen molar-refractivity contribution >= 4 is 33.1 Å². The molecule has 2 aromatic heterocycles. The maximum atomic E-state index is 14.2. The Morgan fingerprint density at radius 2 is 1.94 bits per heavy atom. The predicted molar refractivity (Wildman–Crippen MR) is 120 cm³/mol. The van der Waals surface area contributed by atoms with Gasteiger partial charge in [-0.15, -0.1) is 0 Å². The van der Waals surface area contributed by atoms with Gasteiger partial charge in [0.25, 0.3) is 0 Å². The third-order valence-corrected chi connectivity index (χ3v) is 7.10. The molecule has 7 rings (SSSR count). The molecule has 156 valence electrons. The molecule has 4 heterocycles. The summed E-state index contributed by atoms with van der Waals surface area (Å²) in [6.45, 7) is 0. The van der Waals surface area contributed by atoms with Crippen LogP contribution < -0.4 is 10.4 Å². The van der Waals surface area contributed by atoms with Crippen molar-refractivity contribution in [1.29, 1.82) is 0 Å². The Balaban J connectivity index is 1.61. The van der Waals surface area contributed by atoms with E-state index in [1.165, 1.54) is 18.2 Å². The highest BCUT2D eigenvalue weighted by atomic mass is 32.1. The zero-order valence-corrected chi connectivity index (χ0v) is 17.4. The monoisotopic (exact) mass is 442 g/mol. The number of thiophene rings is 1. The van der Waals surface area contributed by atoms with Gasteiger partial charge >= 0.3 is 5.63 Å². The van der Waals surface area contributed by atoms with E-state index < -0.39 is 23.3 Å². The van der Waals surface area contributed by atoms with Crippen molar-refractivity contribution in [1.82, 2.24) is 0 Å². The fraction of sp³-hybridized carbons (Fsp3) is 0.115. The molecule has 0 aliphatic carbocycles. The van der Waals surface area contributed by atoms with E-state index in [1.54, 1.807) is 11.3 Å². The highest BCUT2D eigenvalue weighted by Crippen LogP contribution is 2.54. The van der Waals surface area contributed by atoms with Crippen LogP contribution in [0, 0.1) is 5.82 Å². The molecule has 2 bridgehead atoms. The Labute approximate surface area is 185 Å². The lowest BCUT2D eigenvalue weighted by Crippen LogP contribution is -2.47. The summed E-state index contributed by atoms with van der Waals surface area (Å²) in [7, 11) is 0. The van der Waals surface area contributed by atoms with E-state index in [2.05, 4.69) is 12.1 Å². The summed E-state index contributed by atoms with van der Waals surface area (Å²) in [5, 5.41) is 6.60. The number of rotatable bonds is 1. The van der Waals surface area contributed by atoms with Gasteiger partial charge in [0.15, 0.2) is 0 Å². The molecule has 0 radical (unpaired) electrons. The Kier molecular flexibility index (Phi) is 3.56. The van der Waals surface area contributed by atoms with Crippen molar-refractivity contribution in [2.24, 2.45) is 0 Å². The maximum absolute atomic E-state index is 14.2. The number of hydrogen-bond donors (Lipinski definition) is 0. The minimum atomic E-state index is -1.12. The zero-order chi connectivity index (χ0) is 21.4. The molecule has 0 saturated heterocycles. The van der Waals surface area contributed by atoms with E-state index in [9.17, 15) is 9.18 Å². The van der Waals surface area contributed by atoms with E-state index in [1.807, 2.05) is 41.1 Å². The highest BCUT2D eigenvalue weighted by Gasteiger charge is 2.51. The van der Waals surface area contributed by atoms with Crippen LogP contribution >= 0.6 is 11.3 Å². The van der Waals surface area contributed by atoms with Gasteiger partial charge in [-0.3, -0.25) is 0 Å². The van der Waals surface area contributed by atoms with Crippen LogP contribution in [0.5, 0.6) is 5.75 Å². The average Bonchev–Trinajstić information content (AvgIpc) is 3.35. The van der Waals surface area contributed by atoms with Crippen LogP contribution in [-0.2, 0) is 16.9 Å². The molecule has 0 amide bonds. The molecule has 0 fully saturated rings. The average molecular weight is 442 g/mol. The van der Waals surface area contributed by atoms with E-state index >= 15 is 0 Å². The van der Waals surface area contributed by atoms with Gasteiger partial charge in [-0.1, -0.05) is 36.4 Å². The van der Waals surface area contributed by atoms with Gasteiger partial charge in [-0.25, -0.2) is 9.18 Å². The zero-order valence-electron chi connectivity index (χ0n) is 16.6. The number of benzene rings is 3. The highest BCUT2D eigenvalue weighted by molar-refractivity contribution is 7.08. The van der Waals surface area contributed by atoms with Crippen molar-refractivity contribution in [3.63, 3.8) is 0 Å². The van der Waals surface area contributed by atoms with E-state index in [4.69, 9.17) is 13.9 Å². The number of halogens is 1. The van der Waals surface area contributed by atoms with Gasteiger partial charge in [0, 0.05) is 17.4 Å². The first-order chi connectivity index (χ1) is 15.6. The first-order valence-corrected chi connectivity index (χ1v) is 11.2. The lowest BCUT2D eigenvalue weighted by molar-refractivity contribution is -0.236. The third kappa shape index (κ3) is 2.36. The van der Waals surface area contributed by atoms with Crippen LogP contribution in [0.2, 0.25) is 0 Å². The van der Waals surface area contributed by atoms with Crippen LogP contribution in [0.4, 0.5) is 4.39 Å². The first-order valence-electron chi connectivity index (χ1n) is 10.3. The molecule has 2 aliphatic heterocycles. The smallest absolute Gasteiger partial charge is 0.346 e. The van der Waals surface area contributed by atoms with E-state index in [0.29, 0.717) is 17.6 Å². The molecule has 3 aromatic carbocycles. The summed E-state index contributed by atoms with van der Waals surface area (Å²) in [6, 6.07) is 18.2. The Morgan fingerprint density at radius 1 is 1.03 bits per heavy atom. The topological polar surface area (TPSA) is 48.7 Å². The Morgan fingerprint density at radius 3 is 2.81 bits per heavy atom. The fourth-order valence-electron chi connectivity index (χ4n) is 4.97. The standard InChI is InChI=1S/C26H15FO4S/c27-16-6-8-21-19(11-16)24-22(25(28)29-21)23-18-7-5-14-3-1-2-4-17(14)20(18)12-26(30-23,31-24)15-9-10-32-13-15/h1-11,13,23H,12H2/t23?,26-/m1/s1. The molecule has 2 atom stereocenters. The van der Waals surface area contributed by atoms with Gasteiger partial charge in [0.05, 0.1) is 5.39 Å². The number of ether oxygens (including phenoxy) is 2. The molecule has 1 unspecified atom stereocenters. The maximum Gasteiger partial charge on any atom is 0.346 e. The van der Waals surface area contributed by atoms with Crippen molar-refractivity contribution < 1.29 is 18.3 Å². The molecule has 2 aliphatic rings. The van der Waals surface area contributed by atoms with Crippen LogP contribution in [0.3, 0.4) is 0 Å². The van der Waals surface area contributed by atoms with Gasteiger partial charge < -0.3 is 13.9 Å². The minimum absolute atomic E-state index is 0.269. The van der Waals surface area contributed by atoms with Gasteiger partial charge in [-0.05, 0) is 51.5 Å². The van der Waals surface area contributed by atoms with Crippen molar-refractivity contribution in [3.05, 3.63) is 110 Å². The van der Waals surface area contributed by atoms with Gasteiger partial charge in [-0.2, -0.15) is 11.3 Å². The molecule has 5 aromatic rings. The first kappa shape index (κ1) is 18.1. The number of fused-ring (bicyclic) bond motifs is 10. The van der Waals surface area contributed by atoms with E-state index in [-0.39, 0.29) is 11.1 Å². The quantitative estimate of drug-likeness (QED) is 0.296. The Bertz CT molecular complexity index is 1600. The normalized spacial score (nSPS) is 21.2. The van der Waals surface area contributed by atoms with Gasteiger partial charge in [0.1, 0.15) is 28.8 Å². The second kappa shape index (κ2) is 6.28. The largest absolute Gasteiger partial charge is 0.456 e. The molecular formula is C26H15FO4S. The summed E-state index contributed by atoms with van der Waals surface area (Å²) in [4.78, 5) is 13.1. The van der Waals surface area contributed by atoms with Crippen LogP contribution in [0.15, 0.2) is 80.6 Å². The lowest BCUT2D eigenvalue weighted by atomic mass is 9.82. The summed E-state index contributed by atoms with van der Waals surface area (Å²) in [5.74, 6) is -1.22. The molecular weight excluding hydrogens is 427 g/mol. The molecule has 0 N–H and O–H groups in total. The number of hydrogen-bond acceptors (Lipinski definition) is 5. The second-order valence-electron chi connectivity index (χ2n) is 8.17. The SMILES string of the molecule is O=c1oc2ccc(F)cc2c2c1C1O[C@](c3ccsc3)(Cc3c1ccc1ccccc31)O2. The van der Waals surface area contributed by atoms with Crippen LogP contribution in [0.1, 0.15) is 28.4 Å². The fourth-order valence-corrected chi connectivity index (χ4v) is 5.68. The van der Waals surface area contributed by atoms with Crippen LogP contribution in [-0.4, -0.2) is 0 Å². The summed E-state index contributed by atoms with van der Waals surface area (Å²) in [5.41, 5.74) is 2.87.